The summed E-state index contributed by atoms with van der Waals surface area (Å²) in [5, 5.41) is 13.6. The maximum Gasteiger partial charge on any atom is 0.259 e. The molecule has 3 aromatic rings. The van der Waals surface area contributed by atoms with Crippen LogP contribution in [-0.2, 0) is 22.6 Å². The molecule has 1 aromatic heterocycles. The van der Waals surface area contributed by atoms with Crippen LogP contribution in [-0.4, -0.2) is 48.4 Å². The van der Waals surface area contributed by atoms with Gasteiger partial charge in [0.25, 0.3) is 11.8 Å². The van der Waals surface area contributed by atoms with Crippen molar-refractivity contribution >= 4 is 50.2 Å². The fraction of sp³-hybridized carbons (Fsp3) is 0.304. The molecule has 9 heteroatoms. The number of halogens is 2. The largest absolute Gasteiger partial charge is 0.390 e. The second kappa shape index (κ2) is 9.72. The number of aryl methyl sites for hydroxylation is 1. The lowest BCUT2D eigenvalue weighted by molar-refractivity contribution is 0.0679. The number of aromatic nitrogens is 1. The van der Waals surface area contributed by atoms with Crippen molar-refractivity contribution < 1.29 is 25.6 Å². The molecule has 170 valence electrons. The number of fused-ring (bicyclic) bond motifs is 3. The first-order valence-electron chi connectivity index (χ1n) is 10.1. The fourth-order valence-electron chi connectivity index (χ4n) is 4.07. The Morgan fingerprint density at radius 2 is 1.88 bits per heavy atom. The van der Waals surface area contributed by atoms with Crippen molar-refractivity contribution in [2.24, 2.45) is 0 Å². The predicted molar refractivity (Wildman–Crippen MR) is 127 cm³/mol. The maximum atomic E-state index is 12.8. The number of carbonyl (C=O) groups is 2. The first kappa shape index (κ1) is 22.9. The van der Waals surface area contributed by atoms with Gasteiger partial charge in [-0.3, -0.25) is 14.9 Å². The number of imide groups is 1. The van der Waals surface area contributed by atoms with E-state index in [1.807, 2.05) is 28.8 Å². The third kappa shape index (κ3) is 3.97. The van der Waals surface area contributed by atoms with E-state index < -0.39 is 11.8 Å². The van der Waals surface area contributed by atoms with Crippen molar-refractivity contribution in [1.29, 1.82) is 0 Å². The maximum absolute atomic E-state index is 12.8. The minimum atomic E-state index is -0.464. The Morgan fingerprint density at radius 1 is 1.12 bits per heavy atom. The summed E-state index contributed by atoms with van der Waals surface area (Å²) in [6.45, 7) is 1.88. The average Bonchev–Trinajstić information content (AvgIpc) is 3.23. The van der Waals surface area contributed by atoms with Gasteiger partial charge in [0.1, 0.15) is 0 Å². The van der Waals surface area contributed by atoms with Crippen LogP contribution in [0, 0.1) is 0 Å². The van der Waals surface area contributed by atoms with Crippen LogP contribution in [0.25, 0.3) is 22.0 Å². The lowest BCUT2D eigenvalue weighted by Crippen LogP contribution is -2.20. The molecule has 0 aliphatic carbocycles. The zero-order valence-corrected chi connectivity index (χ0v) is 19.8. The van der Waals surface area contributed by atoms with Gasteiger partial charge >= 0.3 is 0 Å². The second-order valence-electron chi connectivity index (χ2n) is 7.36. The summed E-state index contributed by atoms with van der Waals surface area (Å²) in [6.07, 6.45) is 0.691. The van der Waals surface area contributed by atoms with Gasteiger partial charge < -0.3 is 19.1 Å². The van der Waals surface area contributed by atoms with Gasteiger partial charge in [0.2, 0.25) is 0 Å². The lowest BCUT2D eigenvalue weighted by atomic mass is 9.94. The molecule has 2 amide bonds. The highest BCUT2D eigenvalue weighted by Crippen LogP contribution is 2.42. The number of nitrogens with zero attached hydrogens (tertiary/aromatic N) is 1. The summed E-state index contributed by atoms with van der Waals surface area (Å²) < 4.78 is 13.1. The highest BCUT2D eigenvalue weighted by Gasteiger charge is 2.35. The first-order valence-corrected chi connectivity index (χ1v) is 11.3. The Kier molecular flexibility index (Phi) is 6.97. The summed E-state index contributed by atoms with van der Waals surface area (Å²) >= 11 is 10.0. The van der Waals surface area contributed by atoms with E-state index in [2.05, 4.69) is 21.2 Å². The highest BCUT2D eigenvalue weighted by atomic mass is 79.9. The molecule has 0 radical (unpaired) electrons. The second-order valence-corrected chi connectivity index (χ2v) is 8.56. The molecule has 4 rings (SSSR count). The van der Waals surface area contributed by atoms with Crippen LogP contribution in [0.2, 0.25) is 5.02 Å². The normalized spacial score (nSPS) is 13.1. The van der Waals surface area contributed by atoms with Crippen molar-refractivity contribution in [3.8, 4) is 11.1 Å². The number of nitrogens with one attached hydrogen (secondary N) is 1. The lowest BCUT2D eigenvalue weighted by Gasteiger charge is -2.13. The van der Waals surface area contributed by atoms with Gasteiger partial charge in [-0.2, -0.15) is 0 Å². The van der Waals surface area contributed by atoms with Crippen LogP contribution in [0.1, 0.15) is 34.3 Å². The van der Waals surface area contributed by atoms with E-state index in [1.54, 1.807) is 13.2 Å². The van der Waals surface area contributed by atoms with Crippen LogP contribution < -0.4 is 5.32 Å². The van der Waals surface area contributed by atoms with Crippen LogP contribution in [0.3, 0.4) is 0 Å². The zero-order chi connectivity index (χ0) is 22.8. The predicted octanol–water partition coefficient (Wildman–Crippen LogP) is 4.40. The van der Waals surface area contributed by atoms with Gasteiger partial charge in [0.15, 0.2) is 0 Å². The van der Waals surface area contributed by atoms with E-state index in [9.17, 15) is 14.7 Å². The molecule has 1 aliphatic heterocycles. The number of amides is 2. The summed E-state index contributed by atoms with van der Waals surface area (Å²) in [5.74, 6) is -0.923. The van der Waals surface area contributed by atoms with Crippen LogP contribution >= 0.6 is 27.5 Å². The van der Waals surface area contributed by atoms with Gasteiger partial charge in [-0.1, -0.05) is 29.8 Å². The molecule has 0 bridgehead atoms. The molecular weight excluding hydrogens is 500 g/mol. The number of ether oxygens (including phenoxy) is 2. The third-order valence-electron chi connectivity index (χ3n) is 5.49. The number of hydrogen-bond acceptors (Lipinski definition) is 5. The monoisotopic (exact) mass is 522 g/mol. The third-order valence-corrected chi connectivity index (χ3v) is 6.68. The van der Waals surface area contributed by atoms with Crippen LogP contribution in [0.15, 0.2) is 34.8 Å². The average molecular weight is 524 g/mol. The van der Waals surface area contributed by atoms with E-state index in [0.29, 0.717) is 75.6 Å². The summed E-state index contributed by atoms with van der Waals surface area (Å²) in [4.78, 5) is 25.5. The summed E-state index contributed by atoms with van der Waals surface area (Å²) in [5.41, 5.74) is 3.18. The van der Waals surface area contributed by atoms with E-state index in [0.717, 1.165) is 5.52 Å². The summed E-state index contributed by atoms with van der Waals surface area (Å²) in [6, 6.07) is 9.07. The number of benzene rings is 2. The number of carbonyl (C=O) groups excluding carboxylic acids is 2. The van der Waals surface area contributed by atoms with E-state index in [4.69, 9.17) is 21.1 Å². The van der Waals surface area contributed by atoms with Crippen molar-refractivity contribution in [2.75, 3.05) is 26.9 Å². The van der Waals surface area contributed by atoms with Crippen LogP contribution in [0.4, 0.5) is 0 Å². The van der Waals surface area contributed by atoms with Gasteiger partial charge in [-0.05, 0) is 40.0 Å². The van der Waals surface area contributed by atoms with Crippen molar-refractivity contribution in [3.63, 3.8) is 0 Å². The molecule has 0 saturated carbocycles. The molecular formula is C23H24BrClN2O5. The van der Waals surface area contributed by atoms with E-state index >= 15 is 0 Å². The molecule has 0 fully saturated rings. The minimum Gasteiger partial charge on any atom is -0.390 e. The number of hydrogen-bond donors (Lipinski definition) is 2. The molecule has 0 saturated heterocycles. The van der Waals surface area contributed by atoms with E-state index in [-0.39, 0.29) is 8.03 Å². The minimum absolute atomic E-state index is 0. The number of rotatable bonds is 9. The van der Waals surface area contributed by atoms with Gasteiger partial charge in [-0.25, -0.2) is 0 Å². The standard InChI is InChI=1S/C23H22BrClN2O5.H2/c1-31-9-10-32-8-4-7-27-16-11-14(13-5-2-3-6-15(13)25)18-20(23(30)26-22(18)29)19(16)21(24)17(27)12-28;/h2-3,5-6,11,28H,4,7-10,12H2,1H3,(H,26,29,30);1H. The number of aliphatic hydroxyl groups is 1. The Balaban J connectivity index is 0.00000306. The Hall–Kier alpha value is -2.23. The number of aliphatic hydroxyl groups excluding tert-OH is 1. The van der Waals surface area contributed by atoms with Crippen molar-refractivity contribution in [1.82, 2.24) is 9.88 Å². The molecule has 2 heterocycles. The molecule has 7 nitrogen and oxygen atoms in total. The van der Waals surface area contributed by atoms with Gasteiger partial charge in [0, 0.05) is 42.1 Å². The molecule has 0 unspecified atom stereocenters. The molecule has 2 N–H and O–H groups in total. The van der Waals surface area contributed by atoms with Crippen LogP contribution in [0.5, 0.6) is 0 Å². The Labute approximate surface area is 199 Å². The smallest absolute Gasteiger partial charge is 0.259 e. The Bertz CT molecular complexity index is 1210. The van der Waals surface area contributed by atoms with Gasteiger partial charge in [-0.15, -0.1) is 0 Å². The first-order chi connectivity index (χ1) is 15.5. The molecule has 0 spiro atoms. The molecule has 1 aliphatic rings. The van der Waals surface area contributed by atoms with E-state index in [1.165, 1.54) is 0 Å². The van der Waals surface area contributed by atoms with Crippen molar-refractivity contribution in [2.45, 2.75) is 19.6 Å². The highest BCUT2D eigenvalue weighted by molar-refractivity contribution is 9.10. The quantitative estimate of drug-likeness (QED) is 0.321. The molecule has 0 atom stereocenters. The number of methoxy groups -OCH3 is 1. The fourth-order valence-corrected chi connectivity index (χ4v) is 5.05. The summed E-state index contributed by atoms with van der Waals surface area (Å²) in [7, 11) is 1.62. The zero-order valence-electron chi connectivity index (χ0n) is 17.4. The topological polar surface area (TPSA) is 89.8 Å². The SMILES string of the molecule is COCCOCCCn1c(CO)c(Br)c2c3c(c(-c4ccccc4Cl)cc21)C(=O)NC3=O.[HH]. The van der Waals surface area contributed by atoms with Gasteiger partial charge in [0.05, 0.1) is 42.2 Å². The molecule has 2 aromatic carbocycles. The Morgan fingerprint density at radius 3 is 2.59 bits per heavy atom. The molecule has 32 heavy (non-hydrogen) atoms. The van der Waals surface area contributed by atoms with Crippen molar-refractivity contribution in [3.05, 3.63) is 56.6 Å².